The zero-order chi connectivity index (χ0) is 19.9. The largest absolute Gasteiger partial charge is 0.379 e. The van der Waals surface area contributed by atoms with Crippen LogP contribution in [0.4, 0.5) is 0 Å². The number of nitrogens with one attached hydrogen (secondary N) is 1. The average Bonchev–Trinajstić information content (AvgIpc) is 2.67. The van der Waals surface area contributed by atoms with Crippen molar-refractivity contribution in [3.8, 4) is 0 Å². The van der Waals surface area contributed by atoms with Crippen molar-refractivity contribution in [3.63, 3.8) is 0 Å². The van der Waals surface area contributed by atoms with E-state index in [-0.39, 0.29) is 36.2 Å². The molecule has 0 spiro atoms. The average molecular weight is 412 g/mol. The molecular weight excluding hydrogens is 378 g/mol. The molecule has 1 atom stereocenters. The number of nitrogens with two attached hydrogens (primary N) is 1. The van der Waals surface area contributed by atoms with Crippen LogP contribution in [-0.2, 0) is 19.9 Å². The van der Waals surface area contributed by atoms with E-state index in [2.05, 4.69) is 5.32 Å². The van der Waals surface area contributed by atoms with E-state index in [0.717, 1.165) is 12.0 Å². The van der Waals surface area contributed by atoms with Crippen LogP contribution >= 0.6 is 12.4 Å². The number of halogens is 1. The summed E-state index contributed by atoms with van der Waals surface area (Å²) in [5.41, 5.74) is 6.10. The molecule has 1 heterocycles. The van der Waals surface area contributed by atoms with Crippen molar-refractivity contribution < 1.29 is 14.3 Å². The predicted molar refractivity (Wildman–Crippen MR) is 113 cm³/mol. The van der Waals surface area contributed by atoms with E-state index in [1.807, 2.05) is 44.2 Å². The zero-order valence-corrected chi connectivity index (χ0v) is 18.0. The molecular formula is C21H34ClN3O3. The monoisotopic (exact) mass is 411 g/mol. The molecule has 1 aromatic rings. The molecule has 1 fully saturated rings. The van der Waals surface area contributed by atoms with Gasteiger partial charge in [-0.25, -0.2) is 0 Å². The maximum atomic E-state index is 12.9. The van der Waals surface area contributed by atoms with Crippen molar-refractivity contribution in [3.05, 3.63) is 35.9 Å². The molecule has 7 heteroatoms. The topological polar surface area (TPSA) is 84.7 Å². The SMILES string of the molecule is CC(C)OCCCNC(=O)C1CCN(C(=O)C(C)(N)c2ccccc2)CC1.Cl. The van der Waals surface area contributed by atoms with Gasteiger partial charge in [0.15, 0.2) is 0 Å². The van der Waals surface area contributed by atoms with E-state index in [9.17, 15) is 9.59 Å². The molecule has 3 N–H and O–H groups in total. The van der Waals surface area contributed by atoms with Crippen molar-refractivity contribution in [2.24, 2.45) is 11.7 Å². The van der Waals surface area contributed by atoms with Gasteiger partial charge >= 0.3 is 0 Å². The molecule has 1 unspecified atom stereocenters. The van der Waals surface area contributed by atoms with Gasteiger partial charge in [-0.15, -0.1) is 12.4 Å². The molecule has 6 nitrogen and oxygen atoms in total. The lowest BCUT2D eigenvalue weighted by atomic mass is 9.89. The van der Waals surface area contributed by atoms with E-state index in [4.69, 9.17) is 10.5 Å². The number of amides is 2. The number of carbonyl (C=O) groups is 2. The Labute approximate surface area is 174 Å². The highest BCUT2D eigenvalue weighted by Crippen LogP contribution is 2.24. The summed E-state index contributed by atoms with van der Waals surface area (Å²) in [6, 6.07) is 9.43. The predicted octanol–water partition coefficient (Wildman–Crippen LogP) is 2.45. The van der Waals surface area contributed by atoms with E-state index < -0.39 is 5.54 Å². The van der Waals surface area contributed by atoms with Gasteiger partial charge in [0.25, 0.3) is 0 Å². The van der Waals surface area contributed by atoms with Crippen LogP contribution in [0.3, 0.4) is 0 Å². The van der Waals surface area contributed by atoms with Crippen LogP contribution < -0.4 is 11.1 Å². The molecule has 158 valence electrons. The van der Waals surface area contributed by atoms with Gasteiger partial charge in [-0.1, -0.05) is 30.3 Å². The summed E-state index contributed by atoms with van der Waals surface area (Å²) in [5, 5.41) is 2.98. The number of nitrogens with zero attached hydrogens (tertiary/aromatic N) is 1. The van der Waals surface area contributed by atoms with Crippen molar-refractivity contribution in [2.45, 2.75) is 51.7 Å². The van der Waals surface area contributed by atoms with Crippen molar-refractivity contribution in [2.75, 3.05) is 26.2 Å². The van der Waals surface area contributed by atoms with Crippen LogP contribution in [-0.4, -0.2) is 49.1 Å². The molecule has 1 aliphatic rings. The zero-order valence-electron chi connectivity index (χ0n) is 17.1. The second-order valence-electron chi connectivity index (χ2n) is 7.70. The van der Waals surface area contributed by atoms with Gasteiger partial charge in [-0.3, -0.25) is 9.59 Å². The Kier molecular flexibility index (Phi) is 9.93. The molecule has 0 aromatic heterocycles. The Hall–Kier alpha value is -1.63. The first-order valence-corrected chi connectivity index (χ1v) is 9.85. The van der Waals surface area contributed by atoms with Crippen LogP contribution in [0, 0.1) is 5.92 Å². The number of likely N-dealkylation sites (tertiary alicyclic amines) is 1. The standard InChI is InChI=1S/C21H33N3O3.ClH/c1-16(2)27-15-7-12-23-19(25)17-10-13-24(14-11-17)20(26)21(3,22)18-8-5-4-6-9-18;/h4-6,8-9,16-17H,7,10-15,22H2,1-3H3,(H,23,25);1H. The summed E-state index contributed by atoms with van der Waals surface area (Å²) in [7, 11) is 0. The Morgan fingerprint density at radius 2 is 1.86 bits per heavy atom. The van der Waals surface area contributed by atoms with Gasteiger partial charge in [-0.05, 0) is 45.6 Å². The number of piperidine rings is 1. The smallest absolute Gasteiger partial charge is 0.246 e. The number of benzene rings is 1. The summed E-state index contributed by atoms with van der Waals surface area (Å²) >= 11 is 0. The summed E-state index contributed by atoms with van der Waals surface area (Å²) in [5.74, 6) is -0.0515. The Morgan fingerprint density at radius 1 is 1.25 bits per heavy atom. The fourth-order valence-corrected chi connectivity index (χ4v) is 3.33. The number of rotatable bonds is 8. The molecule has 0 radical (unpaired) electrons. The Bertz CT molecular complexity index is 615. The van der Waals surface area contributed by atoms with Gasteiger partial charge in [0.1, 0.15) is 5.54 Å². The Morgan fingerprint density at radius 3 is 2.43 bits per heavy atom. The molecule has 2 rings (SSSR count). The van der Waals surface area contributed by atoms with Gasteiger partial charge in [-0.2, -0.15) is 0 Å². The fraction of sp³-hybridized carbons (Fsp3) is 0.619. The molecule has 1 aliphatic heterocycles. The molecule has 1 saturated heterocycles. The second kappa shape index (κ2) is 11.4. The maximum Gasteiger partial charge on any atom is 0.246 e. The highest BCUT2D eigenvalue weighted by molar-refractivity contribution is 5.87. The van der Waals surface area contributed by atoms with E-state index in [1.165, 1.54) is 0 Å². The molecule has 1 aromatic carbocycles. The van der Waals surface area contributed by atoms with Gasteiger partial charge in [0.05, 0.1) is 6.10 Å². The molecule has 0 bridgehead atoms. The second-order valence-corrected chi connectivity index (χ2v) is 7.70. The quantitative estimate of drug-likeness (QED) is 0.643. The van der Waals surface area contributed by atoms with Crippen LogP contribution in [0.1, 0.15) is 45.6 Å². The Balaban J connectivity index is 0.00000392. The summed E-state index contributed by atoms with van der Waals surface area (Å²) < 4.78 is 5.47. The minimum absolute atomic E-state index is 0. The fourth-order valence-electron chi connectivity index (χ4n) is 3.33. The van der Waals surface area contributed by atoms with Crippen LogP contribution in [0.2, 0.25) is 0 Å². The van der Waals surface area contributed by atoms with Gasteiger partial charge in [0, 0.05) is 32.2 Å². The summed E-state index contributed by atoms with van der Waals surface area (Å²) in [6.07, 6.45) is 2.37. The third-order valence-electron chi connectivity index (χ3n) is 5.04. The first kappa shape index (κ1) is 24.4. The van der Waals surface area contributed by atoms with Crippen LogP contribution in [0.25, 0.3) is 0 Å². The lowest BCUT2D eigenvalue weighted by Crippen LogP contribution is -2.53. The van der Waals surface area contributed by atoms with Crippen molar-refractivity contribution >= 4 is 24.2 Å². The van der Waals surface area contributed by atoms with Crippen molar-refractivity contribution in [1.82, 2.24) is 10.2 Å². The maximum absolute atomic E-state index is 12.9. The number of ether oxygens (including phenoxy) is 1. The molecule has 0 saturated carbocycles. The summed E-state index contributed by atoms with van der Waals surface area (Å²) in [4.78, 5) is 27.0. The minimum atomic E-state index is -1.05. The first-order valence-electron chi connectivity index (χ1n) is 9.85. The molecule has 2 amide bonds. The number of hydrogen-bond donors (Lipinski definition) is 2. The molecule has 28 heavy (non-hydrogen) atoms. The third kappa shape index (κ3) is 6.76. The third-order valence-corrected chi connectivity index (χ3v) is 5.04. The van der Waals surface area contributed by atoms with E-state index >= 15 is 0 Å². The van der Waals surface area contributed by atoms with Crippen LogP contribution in [0.5, 0.6) is 0 Å². The number of hydrogen-bond acceptors (Lipinski definition) is 4. The van der Waals surface area contributed by atoms with E-state index in [1.54, 1.807) is 11.8 Å². The van der Waals surface area contributed by atoms with Crippen LogP contribution in [0.15, 0.2) is 30.3 Å². The molecule has 0 aliphatic carbocycles. The van der Waals surface area contributed by atoms with Crippen molar-refractivity contribution in [1.29, 1.82) is 0 Å². The highest BCUT2D eigenvalue weighted by Gasteiger charge is 2.36. The van der Waals surface area contributed by atoms with Gasteiger partial charge in [0.2, 0.25) is 11.8 Å². The number of carbonyl (C=O) groups excluding carboxylic acids is 2. The minimum Gasteiger partial charge on any atom is -0.379 e. The van der Waals surface area contributed by atoms with Gasteiger partial charge < -0.3 is 20.7 Å². The highest BCUT2D eigenvalue weighted by atomic mass is 35.5. The lowest BCUT2D eigenvalue weighted by molar-refractivity contribution is -0.140. The van der Waals surface area contributed by atoms with E-state index in [0.29, 0.717) is 39.1 Å². The summed E-state index contributed by atoms with van der Waals surface area (Å²) in [6.45, 7) is 8.15. The lowest BCUT2D eigenvalue weighted by Gasteiger charge is -2.36. The normalized spacial score (nSPS) is 17.0. The first-order chi connectivity index (χ1) is 12.8.